The maximum absolute atomic E-state index is 9.32. The Balaban J connectivity index is 2.43. The molecule has 1 rings (SSSR count). The molecule has 1 heterocycles. The lowest BCUT2D eigenvalue weighted by molar-refractivity contribution is 0.104. The van der Waals surface area contributed by atoms with Crippen LogP contribution >= 0.6 is 0 Å². The molecule has 3 nitrogen and oxygen atoms in total. The molecule has 1 fully saturated rings. The third kappa shape index (κ3) is 3.63. The first kappa shape index (κ1) is 11.0. The molecule has 0 radical (unpaired) electrons. The minimum absolute atomic E-state index is 0.203. The van der Waals surface area contributed by atoms with Gasteiger partial charge < -0.3 is 10.0 Å². The fraction of sp³-hybridized carbons (Fsp3) is 1.00. The molecule has 2 unspecified atom stereocenters. The summed E-state index contributed by atoms with van der Waals surface area (Å²) in [5, 5.41) is 9.32. The molecule has 0 aromatic heterocycles. The highest BCUT2D eigenvalue weighted by Gasteiger charge is 2.19. The quantitative estimate of drug-likeness (QED) is 0.676. The van der Waals surface area contributed by atoms with Crippen molar-refractivity contribution in [3.63, 3.8) is 0 Å². The minimum atomic E-state index is -0.203. The van der Waals surface area contributed by atoms with Crippen molar-refractivity contribution >= 4 is 0 Å². The van der Waals surface area contributed by atoms with Gasteiger partial charge in [0, 0.05) is 19.1 Å². The van der Waals surface area contributed by atoms with E-state index in [1.807, 2.05) is 6.92 Å². The molecule has 0 aromatic rings. The molecule has 3 heteroatoms. The summed E-state index contributed by atoms with van der Waals surface area (Å²) in [6.07, 6.45) is 1.01. The van der Waals surface area contributed by atoms with Crippen molar-refractivity contribution in [2.75, 3.05) is 33.2 Å². The second kappa shape index (κ2) is 4.94. The zero-order chi connectivity index (χ0) is 9.84. The summed E-state index contributed by atoms with van der Waals surface area (Å²) in [4.78, 5) is 4.75. The monoisotopic (exact) mass is 186 g/mol. The zero-order valence-corrected chi connectivity index (χ0v) is 9.03. The first-order valence-electron chi connectivity index (χ1n) is 5.20. The van der Waals surface area contributed by atoms with Crippen LogP contribution in [0.3, 0.4) is 0 Å². The normalized spacial score (nSPS) is 30.0. The van der Waals surface area contributed by atoms with Crippen LogP contribution in [0.5, 0.6) is 0 Å². The number of aliphatic hydroxyl groups excluding tert-OH is 1. The van der Waals surface area contributed by atoms with E-state index in [9.17, 15) is 5.11 Å². The van der Waals surface area contributed by atoms with Gasteiger partial charge in [-0.25, -0.2) is 0 Å². The Bertz CT molecular complexity index is 150. The molecule has 1 N–H and O–H groups in total. The Hall–Kier alpha value is -0.120. The number of rotatable bonds is 2. The van der Waals surface area contributed by atoms with Gasteiger partial charge in [0.05, 0.1) is 6.10 Å². The van der Waals surface area contributed by atoms with Crippen molar-refractivity contribution in [3.8, 4) is 0 Å². The van der Waals surface area contributed by atoms with Gasteiger partial charge in [0.25, 0.3) is 0 Å². The molecule has 0 aliphatic carbocycles. The number of aliphatic hydroxyl groups is 1. The number of hydrogen-bond donors (Lipinski definition) is 1. The number of likely N-dealkylation sites (N-methyl/N-ethyl adjacent to an activating group) is 1. The highest BCUT2D eigenvalue weighted by molar-refractivity contribution is 4.76. The molecular weight excluding hydrogens is 164 g/mol. The van der Waals surface area contributed by atoms with E-state index in [1.165, 1.54) is 13.0 Å². The maximum Gasteiger partial charge on any atom is 0.0639 e. The summed E-state index contributed by atoms with van der Waals surface area (Å²) in [5.74, 6) is 0. The van der Waals surface area contributed by atoms with Gasteiger partial charge in [0.1, 0.15) is 0 Å². The Kier molecular flexibility index (Phi) is 4.16. The van der Waals surface area contributed by atoms with Crippen molar-refractivity contribution in [3.05, 3.63) is 0 Å². The Morgan fingerprint density at radius 3 is 2.77 bits per heavy atom. The van der Waals surface area contributed by atoms with Crippen LogP contribution in [0.15, 0.2) is 0 Å². The van der Waals surface area contributed by atoms with Gasteiger partial charge in [-0.2, -0.15) is 0 Å². The smallest absolute Gasteiger partial charge is 0.0639 e. The average Bonchev–Trinajstić information content (AvgIpc) is 2.13. The third-order valence-electron chi connectivity index (χ3n) is 2.68. The molecule has 13 heavy (non-hydrogen) atoms. The average molecular weight is 186 g/mol. The van der Waals surface area contributed by atoms with E-state index in [0.29, 0.717) is 6.04 Å². The second-order valence-corrected chi connectivity index (χ2v) is 4.31. The van der Waals surface area contributed by atoms with E-state index in [2.05, 4.69) is 23.8 Å². The van der Waals surface area contributed by atoms with Crippen LogP contribution in [-0.4, -0.2) is 60.3 Å². The van der Waals surface area contributed by atoms with Crippen molar-refractivity contribution < 1.29 is 5.11 Å². The molecule has 78 valence electrons. The van der Waals surface area contributed by atoms with E-state index >= 15 is 0 Å². The topological polar surface area (TPSA) is 26.7 Å². The first-order valence-corrected chi connectivity index (χ1v) is 5.20. The van der Waals surface area contributed by atoms with Gasteiger partial charge in [0.15, 0.2) is 0 Å². The number of β-amino-alcohol motifs (C(OH)–C–C–N with tert-alkyl or cyclic N) is 1. The van der Waals surface area contributed by atoms with Gasteiger partial charge in [-0.15, -0.1) is 0 Å². The molecule has 0 spiro atoms. The highest BCUT2D eigenvalue weighted by Crippen LogP contribution is 2.08. The van der Waals surface area contributed by atoms with Gasteiger partial charge in [0.2, 0.25) is 0 Å². The Morgan fingerprint density at radius 1 is 1.46 bits per heavy atom. The lowest BCUT2D eigenvalue weighted by atomic mass is 10.2. The second-order valence-electron chi connectivity index (χ2n) is 4.31. The molecule has 0 aromatic carbocycles. The van der Waals surface area contributed by atoms with E-state index in [4.69, 9.17) is 0 Å². The van der Waals surface area contributed by atoms with Crippen LogP contribution in [0.1, 0.15) is 20.3 Å². The van der Waals surface area contributed by atoms with Crippen molar-refractivity contribution in [1.82, 2.24) is 9.80 Å². The first-order chi connectivity index (χ1) is 6.09. The fourth-order valence-electron chi connectivity index (χ4n) is 2.03. The molecule has 1 aliphatic heterocycles. The van der Waals surface area contributed by atoms with Crippen LogP contribution in [0.25, 0.3) is 0 Å². The summed E-state index contributed by atoms with van der Waals surface area (Å²) in [6.45, 7) is 8.34. The Labute approximate surface area is 81.3 Å². The number of hydrogen-bond acceptors (Lipinski definition) is 3. The Morgan fingerprint density at radius 2 is 2.15 bits per heavy atom. The van der Waals surface area contributed by atoms with E-state index in [0.717, 1.165) is 19.6 Å². The molecule has 1 saturated heterocycles. The predicted octanol–water partition coefficient (Wildman–Crippen LogP) is 0.393. The molecule has 1 aliphatic rings. The maximum atomic E-state index is 9.32. The van der Waals surface area contributed by atoms with Gasteiger partial charge in [-0.05, 0) is 40.4 Å². The van der Waals surface area contributed by atoms with Gasteiger partial charge >= 0.3 is 0 Å². The lowest BCUT2D eigenvalue weighted by Gasteiger charge is -2.28. The van der Waals surface area contributed by atoms with E-state index < -0.39 is 0 Å². The largest absolute Gasteiger partial charge is 0.392 e. The summed E-state index contributed by atoms with van der Waals surface area (Å²) in [6, 6.07) is 0.571. The van der Waals surface area contributed by atoms with Crippen molar-refractivity contribution in [2.45, 2.75) is 32.4 Å². The summed E-state index contributed by atoms with van der Waals surface area (Å²) in [5.41, 5.74) is 0. The van der Waals surface area contributed by atoms with Crippen LogP contribution in [0.2, 0.25) is 0 Å². The summed E-state index contributed by atoms with van der Waals surface area (Å²) >= 11 is 0. The zero-order valence-electron chi connectivity index (χ0n) is 9.03. The minimum Gasteiger partial charge on any atom is -0.392 e. The molecule has 0 saturated carbocycles. The van der Waals surface area contributed by atoms with Crippen molar-refractivity contribution in [2.24, 2.45) is 0 Å². The number of nitrogens with zero attached hydrogens (tertiary/aromatic N) is 2. The van der Waals surface area contributed by atoms with Crippen LogP contribution < -0.4 is 0 Å². The van der Waals surface area contributed by atoms with E-state index in [1.54, 1.807) is 0 Å². The molecule has 2 atom stereocenters. The van der Waals surface area contributed by atoms with Crippen LogP contribution in [0, 0.1) is 0 Å². The predicted molar refractivity (Wildman–Crippen MR) is 54.8 cm³/mol. The summed E-state index contributed by atoms with van der Waals surface area (Å²) in [7, 11) is 2.17. The third-order valence-corrected chi connectivity index (χ3v) is 2.68. The highest BCUT2D eigenvalue weighted by atomic mass is 16.3. The van der Waals surface area contributed by atoms with Gasteiger partial charge in [-0.1, -0.05) is 0 Å². The molecule has 0 amide bonds. The van der Waals surface area contributed by atoms with E-state index in [-0.39, 0.29) is 6.10 Å². The van der Waals surface area contributed by atoms with Crippen molar-refractivity contribution in [1.29, 1.82) is 0 Å². The molecule has 0 bridgehead atoms. The fourth-order valence-corrected chi connectivity index (χ4v) is 2.03. The lowest BCUT2D eigenvalue weighted by Crippen LogP contribution is -2.41. The summed E-state index contributed by atoms with van der Waals surface area (Å²) < 4.78 is 0. The van der Waals surface area contributed by atoms with Gasteiger partial charge in [-0.3, -0.25) is 4.90 Å². The molecular formula is C10H22N2O. The van der Waals surface area contributed by atoms with Crippen LogP contribution in [0.4, 0.5) is 0 Å². The standard InChI is InChI=1S/C10H22N2O/c1-9-7-11(3)5-4-6-12(9)8-10(2)13/h9-10,13H,4-8H2,1-3H3. The van der Waals surface area contributed by atoms with Crippen LogP contribution in [-0.2, 0) is 0 Å². The SMILES string of the molecule is CC(O)CN1CCCN(C)CC1C.